The number of carboxylic acids is 1. The Hall–Kier alpha value is -2.21. The van der Waals surface area contributed by atoms with Crippen molar-refractivity contribution in [1.82, 2.24) is 4.98 Å². The van der Waals surface area contributed by atoms with E-state index in [1.165, 1.54) is 6.20 Å². The number of nitrogens with zero attached hydrogens (tertiary/aromatic N) is 1. The lowest BCUT2D eigenvalue weighted by Crippen LogP contribution is -2.10. The van der Waals surface area contributed by atoms with Gasteiger partial charge in [-0.1, -0.05) is 19.1 Å². The Morgan fingerprint density at radius 3 is 2.84 bits per heavy atom. The first-order valence-corrected chi connectivity index (χ1v) is 6.51. The Bertz CT molecular complexity index is 622. The molecule has 0 spiro atoms. The summed E-state index contributed by atoms with van der Waals surface area (Å²) < 4.78 is 0. The van der Waals surface area contributed by atoms with Gasteiger partial charge in [0.2, 0.25) is 5.01 Å². The van der Waals surface area contributed by atoms with Gasteiger partial charge >= 0.3 is 5.97 Å². The molecule has 2 N–H and O–H groups in total. The van der Waals surface area contributed by atoms with Crippen molar-refractivity contribution >= 4 is 28.9 Å². The molecule has 0 saturated heterocycles. The van der Waals surface area contributed by atoms with Crippen LogP contribution in [-0.4, -0.2) is 22.0 Å². The lowest BCUT2D eigenvalue weighted by Gasteiger charge is -2.04. The number of hydrogen-bond acceptors (Lipinski definition) is 4. The highest BCUT2D eigenvalue weighted by Gasteiger charge is 2.14. The summed E-state index contributed by atoms with van der Waals surface area (Å²) in [5.74, 6) is -1.48. The van der Waals surface area contributed by atoms with Gasteiger partial charge in [0.25, 0.3) is 5.91 Å². The zero-order chi connectivity index (χ0) is 13.8. The van der Waals surface area contributed by atoms with Crippen molar-refractivity contribution in [3.63, 3.8) is 0 Å². The lowest BCUT2D eigenvalue weighted by molar-refractivity contribution is 0.0696. The third kappa shape index (κ3) is 3.17. The average molecular weight is 276 g/mol. The van der Waals surface area contributed by atoms with Crippen molar-refractivity contribution in [2.24, 2.45) is 0 Å². The molecular weight excluding hydrogens is 264 g/mol. The number of aromatic carboxylic acids is 1. The van der Waals surface area contributed by atoms with Gasteiger partial charge in [-0.15, -0.1) is 11.3 Å². The molecule has 0 aliphatic rings. The van der Waals surface area contributed by atoms with Gasteiger partial charge in [0.1, 0.15) is 4.88 Å². The molecule has 0 aliphatic heterocycles. The molecule has 0 fully saturated rings. The van der Waals surface area contributed by atoms with Crippen molar-refractivity contribution in [1.29, 1.82) is 0 Å². The molecule has 0 unspecified atom stereocenters. The number of hydrogen-bond donors (Lipinski definition) is 2. The second kappa shape index (κ2) is 5.62. The number of carboxylic acid groups (broad SMARTS) is 1. The summed E-state index contributed by atoms with van der Waals surface area (Å²) >= 11 is 0.856. The maximum Gasteiger partial charge on any atom is 0.365 e. The number of carbonyl (C=O) groups excluding carboxylic acids is 1. The van der Waals surface area contributed by atoms with Crippen molar-refractivity contribution in [2.75, 3.05) is 5.32 Å². The van der Waals surface area contributed by atoms with Crippen molar-refractivity contribution in [3.05, 3.63) is 45.9 Å². The Morgan fingerprint density at radius 2 is 2.21 bits per heavy atom. The average Bonchev–Trinajstić information content (AvgIpc) is 2.89. The van der Waals surface area contributed by atoms with Crippen LogP contribution in [0.15, 0.2) is 30.5 Å². The molecule has 2 aromatic rings. The SMILES string of the molecule is CCc1cccc(NC(=O)c2cnc(C(=O)O)s2)c1. The highest BCUT2D eigenvalue weighted by molar-refractivity contribution is 7.15. The fraction of sp³-hybridized carbons (Fsp3) is 0.154. The molecule has 98 valence electrons. The van der Waals surface area contributed by atoms with Crippen LogP contribution in [0.5, 0.6) is 0 Å². The fourth-order valence-electron chi connectivity index (χ4n) is 1.54. The molecule has 1 aromatic carbocycles. The number of aryl methyl sites for hydroxylation is 1. The monoisotopic (exact) mass is 276 g/mol. The molecule has 0 atom stereocenters. The van der Waals surface area contributed by atoms with Gasteiger partial charge in [-0.05, 0) is 24.1 Å². The van der Waals surface area contributed by atoms with Crippen LogP contribution < -0.4 is 5.32 Å². The number of carbonyl (C=O) groups is 2. The van der Waals surface area contributed by atoms with Crippen molar-refractivity contribution in [3.8, 4) is 0 Å². The zero-order valence-electron chi connectivity index (χ0n) is 10.2. The molecule has 19 heavy (non-hydrogen) atoms. The second-order valence-corrected chi connectivity index (χ2v) is 4.87. The maximum absolute atomic E-state index is 11.9. The minimum atomic E-state index is -1.13. The number of anilines is 1. The van der Waals surface area contributed by atoms with E-state index < -0.39 is 5.97 Å². The summed E-state index contributed by atoms with van der Waals surface area (Å²) in [4.78, 5) is 26.6. The molecule has 5 nitrogen and oxygen atoms in total. The molecule has 6 heteroatoms. The van der Waals surface area contributed by atoms with E-state index in [2.05, 4.69) is 10.3 Å². The van der Waals surface area contributed by atoms with Crippen LogP contribution in [0.4, 0.5) is 5.69 Å². The molecule has 0 radical (unpaired) electrons. The van der Waals surface area contributed by atoms with E-state index in [0.717, 1.165) is 23.3 Å². The van der Waals surface area contributed by atoms with Crippen LogP contribution in [0, 0.1) is 0 Å². The van der Waals surface area contributed by atoms with E-state index >= 15 is 0 Å². The van der Waals surface area contributed by atoms with E-state index in [-0.39, 0.29) is 15.8 Å². The smallest absolute Gasteiger partial charge is 0.365 e. The molecule has 1 aromatic heterocycles. The third-order valence-electron chi connectivity index (χ3n) is 2.51. The van der Waals surface area contributed by atoms with E-state index in [4.69, 9.17) is 5.11 Å². The molecular formula is C13H12N2O3S. The van der Waals surface area contributed by atoms with Gasteiger partial charge in [-0.3, -0.25) is 4.79 Å². The van der Waals surface area contributed by atoms with E-state index in [1.807, 2.05) is 25.1 Å². The Morgan fingerprint density at radius 1 is 1.42 bits per heavy atom. The number of amides is 1. The predicted octanol–water partition coefficient (Wildman–Crippen LogP) is 2.66. The number of aromatic nitrogens is 1. The highest BCUT2D eigenvalue weighted by atomic mass is 32.1. The highest BCUT2D eigenvalue weighted by Crippen LogP contribution is 2.16. The minimum Gasteiger partial charge on any atom is -0.476 e. The number of nitrogens with one attached hydrogen (secondary N) is 1. The Labute approximate surface area is 113 Å². The van der Waals surface area contributed by atoms with Gasteiger partial charge < -0.3 is 10.4 Å². The quantitative estimate of drug-likeness (QED) is 0.899. The summed E-state index contributed by atoms with van der Waals surface area (Å²) in [5, 5.41) is 11.4. The van der Waals surface area contributed by atoms with Crippen molar-refractivity contribution in [2.45, 2.75) is 13.3 Å². The minimum absolute atomic E-state index is 0.0903. The van der Waals surface area contributed by atoms with Crippen LogP contribution in [0.1, 0.15) is 32.0 Å². The third-order valence-corrected chi connectivity index (χ3v) is 3.49. The van der Waals surface area contributed by atoms with Crippen LogP contribution in [0.2, 0.25) is 0 Å². The molecule has 1 heterocycles. The van der Waals surface area contributed by atoms with E-state index in [0.29, 0.717) is 5.69 Å². The van der Waals surface area contributed by atoms with Crippen molar-refractivity contribution < 1.29 is 14.7 Å². The largest absolute Gasteiger partial charge is 0.476 e. The molecule has 0 aliphatic carbocycles. The van der Waals surface area contributed by atoms with Gasteiger partial charge in [0.05, 0.1) is 6.20 Å². The summed E-state index contributed by atoms with van der Waals surface area (Å²) in [7, 11) is 0. The zero-order valence-corrected chi connectivity index (χ0v) is 11.0. The van der Waals surface area contributed by atoms with E-state index in [1.54, 1.807) is 6.07 Å². The number of benzene rings is 1. The van der Waals surface area contributed by atoms with Gasteiger partial charge in [-0.2, -0.15) is 0 Å². The first kappa shape index (κ1) is 13.2. The van der Waals surface area contributed by atoms with Crippen LogP contribution in [-0.2, 0) is 6.42 Å². The summed E-state index contributed by atoms with van der Waals surface area (Å²) in [6.07, 6.45) is 2.15. The van der Waals surface area contributed by atoms with Crippen LogP contribution >= 0.6 is 11.3 Å². The Balaban J connectivity index is 2.13. The second-order valence-electron chi connectivity index (χ2n) is 3.84. The normalized spacial score (nSPS) is 10.2. The maximum atomic E-state index is 11.9. The van der Waals surface area contributed by atoms with Crippen LogP contribution in [0.3, 0.4) is 0 Å². The number of rotatable bonds is 4. The summed E-state index contributed by atoms with van der Waals surface area (Å²) in [5.41, 5.74) is 1.81. The lowest BCUT2D eigenvalue weighted by atomic mass is 10.1. The van der Waals surface area contributed by atoms with E-state index in [9.17, 15) is 9.59 Å². The standard InChI is InChI=1S/C13H12N2O3S/c1-2-8-4-3-5-9(6-8)15-11(16)10-7-14-12(19-10)13(17)18/h3-7H,2H2,1H3,(H,15,16)(H,17,18). The summed E-state index contributed by atoms with van der Waals surface area (Å²) in [6.45, 7) is 2.03. The van der Waals surface area contributed by atoms with Gasteiger partial charge in [-0.25, -0.2) is 9.78 Å². The molecule has 0 bridgehead atoms. The van der Waals surface area contributed by atoms with Gasteiger partial charge in [0.15, 0.2) is 0 Å². The first-order chi connectivity index (χ1) is 9.10. The molecule has 0 saturated carbocycles. The van der Waals surface area contributed by atoms with Gasteiger partial charge in [0, 0.05) is 5.69 Å². The number of thiazole rings is 1. The molecule has 2 rings (SSSR count). The van der Waals surface area contributed by atoms with Crippen LogP contribution in [0.25, 0.3) is 0 Å². The first-order valence-electron chi connectivity index (χ1n) is 5.69. The predicted molar refractivity (Wildman–Crippen MR) is 72.8 cm³/mol. The molecule has 1 amide bonds. The Kier molecular flexibility index (Phi) is 3.91. The topological polar surface area (TPSA) is 79.3 Å². The fourth-order valence-corrected chi connectivity index (χ4v) is 2.19. The summed E-state index contributed by atoms with van der Waals surface area (Å²) in [6, 6.07) is 7.52.